The summed E-state index contributed by atoms with van der Waals surface area (Å²) < 4.78 is 0. The van der Waals surface area contributed by atoms with Gasteiger partial charge in [0.25, 0.3) is 0 Å². The first-order chi connectivity index (χ1) is 8.16. The van der Waals surface area contributed by atoms with Crippen LogP contribution < -0.4 is 0 Å². The number of piperidine rings is 1. The molecule has 17 heavy (non-hydrogen) atoms. The lowest BCUT2D eigenvalue weighted by Gasteiger charge is -2.34. The number of hydrogen-bond acceptors (Lipinski definition) is 2. The summed E-state index contributed by atoms with van der Waals surface area (Å²) in [5.74, 6) is 2.61. The van der Waals surface area contributed by atoms with Crippen LogP contribution in [0.25, 0.3) is 0 Å². The molecule has 96 valence electrons. The second-order valence-corrected chi connectivity index (χ2v) is 6.27. The van der Waals surface area contributed by atoms with Crippen LogP contribution in [0.3, 0.4) is 0 Å². The van der Waals surface area contributed by atoms with Crippen molar-refractivity contribution in [2.24, 2.45) is 23.7 Å². The zero-order valence-corrected chi connectivity index (χ0v) is 10.6. The number of likely N-dealkylation sites (tertiary alicyclic amines) is 1. The minimum Gasteiger partial charge on any atom is -0.393 e. The number of rotatable bonds is 3. The van der Waals surface area contributed by atoms with Gasteiger partial charge in [-0.25, -0.2) is 0 Å². The molecule has 1 heterocycles. The molecule has 3 nitrogen and oxygen atoms in total. The largest absolute Gasteiger partial charge is 0.393 e. The van der Waals surface area contributed by atoms with E-state index in [0.29, 0.717) is 17.7 Å². The van der Waals surface area contributed by atoms with E-state index in [0.717, 1.165) is 44.2 Å². The van der Waals surface area contributed by atoms with Gasteiger partial charge in [0.15, 0.2) is 0 Å². The maximum absolute atomic E-state index is 12.3. The lowest BCUT2D eigenvalue weighted by atomic mass is 9.93. The summed E-state index contributed by atoms with van der Waals surface area (Å²) in [6.07, 6.45) is 5.69. The Hall–Kier alpha value is -0.570. The summed E-state index contributed by atoms with van der Waals surface area (Å²) in [6.45, 7) is 3.54. The Labute approximate surface area is 103 Å². The first kappa shape index (κ1) is 11.5. The van der Waals surface area contributed by atoms with Crippen molar-refractivity contribution >= 4 is 5.91 Å². The fraction of sp³-hybridized carbons (Fsp3) is 0.929. The van der Waals surface area contributed by atoms with Gasteiger partial charge in [0.2, 0.25) is 5.91 Å². The van der Waals surface area contributed by atoms with Gasteiger partial charge in [-0.15, -0.1) is 0 Å². The number of carbonyl (C=O) groups excluding carboxylic acids is 1. The Morgan fingerprint density at radius 2 is 2.12 bits per heavy atom. The summed E-state index contributed by atoms with van der Waals surface area (Å²) in [5, 5.41) is 9.64. The maximum Gasteiger partial charge on any atom is 0.225 e. The van der Waals surface area contributed by atoms with E-state index >= 15 is 0 Å². The Bertz CT molecular complexity index is 311. The van der Waals surface area contributed by atoms with E-state index in [1.165, 1.54) is 12.8 Å². The molecule has 3 fully saturated rings. The highest BCUT2D eigenvalue weighted by Gasteiger charge is 2.52. The number of hydrogen-bond donors (Lipinski definition) is 1. The Balaban J connectivity index is 1.54. The fourth-order valence-corrected chi connectivity index (χ4v) is 3.38. The molecule has 4 atom stereocenters. The van der Waals surface area contributed by atoms with Crippen LogP contribution in [0.2, 0.25) is 0 Å². The van der Waals surface area contributed by atoms with E-state index in [9.17, 15) is 9.90 Å². The average Bonchev–Trinajstić information content (AvgIpc) is 3.16. The van der Waals surface area contributed by atoms with Gasteiger partial charge in [-0.3, -0.25) is 4.79 Å². The summed E-state index contributed by atoms with van der Waals surface area (Å²) in [4.78, 5) is 14.3. The number of amides is 1. The van der Waals surface area contributed by atoms with E-state index < -0.39 is 0 Å². The quantitative estimate of drug-likeness (QED) is 0.811. The van der Waals surface area contributed by atoms with Crippen LogP contribution in [0.1, 0.15) is 39.0 Å². The monoisotopic (exact) mass is 237 g/mol. The smallest absolute Gasteiger partial charge is 0.225 e. The number of nitrogens with zero attached hydrogens (tertiary/aromatic N) is 1. The summed E-state index contributed by atoms with van der Waals surface area (Å²) >= 11 is 0. The second-order valence-electron chi connectivity index (χ2n) is 6.27. The highest BCUT2D eigenvalue weighted by atomic mass is 16.3. The van der Waals surface area contributed by atoms with E-state index in [1.807, 2.05) is 11.8 Å². The molecule has 1 saturated heterocycles. The molecule has 3 aliphatic rings. The summed E-state index contributed by atoms with van der Waals surface area (Å²) in [6, 6.07) is 0. The molecule has 0 radical (unpaired) electrons. The van der Waals surface area contributed by atoms with Crippen LogP contribution in [-0.2, 0) is 4.79 Å². The van der Waals surface area contributed by atoms with Gasteiger partial charge in [-0.2, -0.15) is 0 Å². The number of aliphatic hydroxyl groups is 1. The van der Waals surface area contributed by atoms with Crippen molar-refractivity contribution in [1.82, 2.24) is 4.90 Å². The molecule has 1 aliphatic heterocycles. The van der Waals surface area contributed by atoms with Crippen LogP contribution in [-0.4, -0.2) is 35.1 Å². The van der Waals surface area contributed by atoms with Crippen molar-refractivity contribution in [1.29, 1.82) is 0 Å². The minimum atomic E-state index is -0.274. The highest BCUT2D eigenvalue weighted by molar-refractivity contribution is 5.82. The predicted octanol–water partition coefficient (Wildman–Crippen LogP) is 1.65. The highest BCUT2D eigenvalue weighted by Crippen LogP contribution is 2.55. The topological polar surface area (TPSA) is 40.5 Å². The zero-order chi connectivity index (χ0) is 12.0. The van der Waals surface area contributed by atoms with Crippen LogP contribution in [0, 0.1) is 23.7 Å². The third-order valence-corrected chi connectivity index (χ3v) is 4.84. The lowest BCUT2D eigenvalue weighted by Crippen LogP contribution is -2.43. The molecule has 1 amide bonds. The van der Waals surface area contributed by atoms with Crippen LogP contribution in [0.5, 0.6) is 0 Å². The zero-order valence-electron chi connectivity index (χ0n) is 10.6. The molecule has 2 saturated carbocycles. The van der Waals surface area contributed by atoms with Gasteiger partial charge < -0.3 is 10.0 Å². The van der Waals surface area contributed by atoms with E-state index in [4.69, 9.17) is 0 Å². The molecule has 4 unspecified atom stereocenters. The molecular formula is C14H23NO2. The third-order valence-electron chi connectivity index (χ3n) is 4.84. The number of carbonyl (C=O) groups is 1. The number of aliphatic hydroxyl groups excluding tert-OH is 1. The van der Waals surface area contributed by atoms with Gasteiger partial charge >= 0.3 is 0 Å². The van der Waals surface area contributed by atoms with Crippen molar-refractivity contribution in [2.75, 3.05) is 13.1 Å². The molecule has 0 spiro atoms. The van der Waals surface area contributed by atoms with Crippen LogP contribution >= 0.6 is 0 Å². The molecule has 2 aliphatic carbocycles. The van der Waals surface area contributed by atoms with Crippen molar-refractivity contribution in [2.45, 2.75) is 45.1 Å². The first-order valence-corrected chi connectivity index (χ1v) is 7.13. The molecular weight excluding hydrogens is 214 g/mol. The summed E-state index contributed by atoms with van der Waals surface area (Å²) in [7, 11) is 0. The van der Waals surface area contributed by atoms with Gasteiger partial charge in [0.1, 0.15) is 0 Å². The van der Waals surface area contributed by atoms with E-state index in [1.54, 1.807) is 0 Å². The minimum absolute atomic E-state index is 0.274. The van der Waals surface area contributed by atoms with Crippen molar-refractivity contribution < 1.29 is 9.90 Å². The van der Waals surface area contributed by atoms with Crippen LogP contribution in [0.15, 0.2) is 0 Å². The fourth-order valence-electron chi connectivity index (χ4n) is 3.38. The lowest BCUT2D eigenvalue weighted by molar-refractivity contribution is -0.135. The first-order valence-electron chi connectivity index (χ1n) is 7.13. The molecule has 0 bridgehead atoms. The van der Waals surface area contributed by atoms with Gasteiger partial charge in [-0.05, 0) is 50.9 Å². The molecule has 3 rings (SSSR count). The summed E-state index contributed by atoms with van der Waals surface area (Å²) in [5.41, 5.74) is 0. The van der Waals surface area contributed by atoms with E-state index in [-0.39, 0.29) is 6.10 Å². The Morgan fingerprint density at radius 3 is 2.76 bits per heavy atom. The van der Waals surface area contributed by atoms with E-state index in [2.05, 4.69) is 0 Å². The molecule has 0 aromatic heterocycles. The molecule has 1 N–H and O–H groups in total. The molecule has 0 aromatic rings. The standard InChI is InChI=1S/C14H23NO2/c1-9(16)11-3-2-6-15(8-11)14(17)13-7-12(13)10-4-5-10/h9-13,16H,2-8H2,1H3. The third kappa shape index (κ3) is 2.35. The van der Waals surface area contributed by atoms with Crippen molar-refractivity contribution in [3.05, 3.63) is 0 Å². The van der Waals surface area contributed by atoms with Gasteiger partial charge in [0.05, 0.1) is 6.10 Å². The van der Waals surface area contributed by atoms with Crippen molar-refractivity contribution in [3.63, 3.8) is 0 Å². The van der Waals surface area contributed by atoms with Gasteiger partial charge in [0, 0.05) is 24.9 Å². The SMILES string of the molecule is CC(O)C1CCCN(C(=O)C2CC2C2CC2)C1. The normalized spacial score (nSPS) is 38.9. The predicted molar refractivity (Wildman–Crippen MR) is 65.3 cm³/mol. The van der Waals surface area contributed by atoms with Gasteiger partial charge in [-0.1, -0.05) is 0 Å². The molecule has 3 heteroatoms. The second kappa shape index (κ2) is 4.27. The average molecular weight is 237 g/mol. The van der Waals surface area contributed by atoms with Crippen molar-refractivity contribution in [3.8, 4) is 0 Å². The van der Waals surface area contributed by atoms with Crippen LogP contribution in [0.4, 0.5) is 0 Å². The maximum atomic E-state index is 12.3. The Kier molecular flexibility index (Phi) is 2.89. The molecule has 0 aromatic carbocycles. The Morgan fingerprint density at radius 1 is 1.35 bits per heavy atom.